The third kappa shape index (κ3) is 2.35. The maximum absolute atomic E-state index is 13.6. The fraction of sp³-hybridized carbons (Fsp3) is 0.133. The van der Waals surface area contributed by atoms with Crippen LogP contribution in [0.2, 0.25) is 0 Å². The highest BCUT2D eigenvalue weighted by Gasteiger charge is 2.21. The zero-order valence-corrected chi connectivity index (χ0v) is 11.5. The lowest BCUT2D eigenvalue weighted by Crippen LogP contribution is -2.29. The molecule has 21 heavy (non-hydrogen) atoms. The summed E-state index contributed by atoms with van der Waals surface area (Å²) in [4.78, 5) is 0. The van der Waals surface area contributed by atoms with Gasteiger partial charge in [0.25, 0.3) is 0 Å². The van der Waals surface area contributed by atoms with Gasteiger partial charge in [0.1, 0.15) is 11.6 Å². The van der Waals surface area contributed by atoms with E-state index in [1.807, 2.05) is 24.4 Å². The predicted octanol–water partition coefficient (Wildman–Crippen LogP) is 2.03. The number of rotatable bonds is 4. The number of nitrogens with two attached hydrogens (primary N) is 1. The first-order chi connectivity index (χ1) is 10.2. The number of hydrogen-bond acceptors (Lipinski definition) is 4. The minimum Gasteiger partial charge on any atom is -0.496 e. The van der Waals surface area contributed by atoms with Crippen LogP contribution >= 0.6 is 0 Å². The number of aromatic nitrogens is 2. The smallest absolute Gasteiger partial charge is 0.124 e. The average molecular weight is 286 g/mol. The van der Waals surface area contributed by atoms with Crippen LogP contribution in [0.1, 0.15) is 17.2 Å². The zero-order valence-electron chi connectivity index (χ0n) is 11.5. The van der Waals surface area contributed by atoms with E-state index in [1.54, 1.807) is 23.9 Å². The molecule has 2 aromatic heterocycles. The number of halogens is 1. The van der Waals surface area contributed by atoms with E-state index in [-0.39, 0.29) is 5.82 Å². The van der Waals surface area contributed by atoms with Crippen molar-refractivity contribution < 1.29 is 9.13 Å². The van der Waals surface area contributed by atoms with Crippen LogP contribution in [0.3, 0.4) is 0 Å². The molecule has 1 unspecified atom stereocenters. The van der Waals surface area contributed by atoms with E-state index in [1.165, 1.54) is 12.1 Å². The Labute approximate surface area is 121 Å². The first kappa shape index (κ1) is 13.5. The second kappa shape index (κ2) is 5.51. The average Bonchev–Trinajstić information content (AvgIpc) is 2.93. The van der Waals surface area contributed by atoms with Gasteiger partial charge in [0, 0.05) is 17.3 Å². The second-order valence-corrected chi connectivity index (χ2v) is 4.62. The van der Waals surface area contributed by atoms with Crippen molar-refractivity contribution in [1.82, 2.24) is 15.0 Å². The highest BCUT2D eigenvalue weighted by molar-refractivity contribution is 5.58. The maximum Gasteiger partial charge on any atom is 0.124 e. The van der Waals surface area contributed by atoms with Crippen molar-refractivity contribution in [2.24, 2.45) is 5.84 Å². The summed E-state index contributed by atoms with van der Waals surface area (Å²) in [7, 11) is 1.54. The summed E-state index contributed by atoms with van der Waals surface area (Å²) < 4.78 is 20.6. The van der Waals surface area contributed by atoms with Crippen LogP contribution in [-0.2, 0) is 0 Å². The van der Waals surface area contributed by atoms with Gasteiger partial charge in [-0.15, -0.1) is 0 Å². The van der Waals surface area contributed by atoms with E-state index in [2.05, 4.69) is 10.5 Å². The molecule has 0 bridgehead atoms. The summed E-state index contributed by atoms with van der Waals surface area (Å²) in [6.07, 6.45) is 3.55. The van der Waals surface area contributed by atoms with Gasteiger partial charge >= 0.3 is 0 Å². The summed E-state index contributed by atoms with van der Waals surface area (Å²) in [5.74, 6) is 5.92. The summed E-state index contributed by atoms with van der Waals surface area (Å²) in [5.41, 5.74) is 5.08. The summed E-state index contributed by atoms with van der Waals surface area (Å²) in [6, 6.07) is 9.66. The van der Waals surface area contributed by atoms with Gasteiger partial charge in [0.05, 0.1) is 24.9 Å². The van der Waals surface area contributed by atoms with Crippen LogP contribution in [0.25, 0.3) is 5.52 Å². The molecule has 0 spiro atoms. The fourth-order valence-corrected chi connectivity index (χ4v) is 2.45. The van der Waals surface area contributed by atoms with Crippen molar-refractivity contribution >= 4 is 5.52 Å². The molecule has 6 heteroatoms. The van der Waals surface area contributed by atoms with Crippen LogP contribution in [-0.4, -0.2) is 16.7 Å². The van der Waals surface area contributed by atoms with Crippen molar-refractivity contribution in [2.75, 3.05) is 7.11 Å². The minimum atomic E-state index is -0.421. The van der Waals surface area contributed by atoms with Gasteiger partial charge in [-0.3, -0.25) is 5.84 Å². The molecule has 5 nitrogen and oxygen atoms in total. The second-order valence-electron chi connectivity index (χ2n) is 4.62. The Morgan fingerprint density at radius 2 is 2.14 bits per heavy atom. The summed E-state index contributed by atoms with van der Waals surface area (Å²) >= 11 is 0. The van der Waals surface area contributed by atoms with Crippen LogP contribution in [0.15, 0.2) is 48.8 Å². The molecule has 0 aliphatic rings. The SMILES string of the molecule is COc1ccc(F)cc1C(NN)c1cnn2ccccc12. The van der Waals surface area contributed by atoms with Crippen molar-refractivity contribution in [3.8, 4) is 5.75 Å². The Kier molecular flexibility index (Phi) is 3.55. The van der Waals surface area contributed by atoms with Gasteiger partial charge in [0.2, 0.25) is 0 Å². The van der Waals surface area contributed by atoms with Crippen LogP contribution in [0, 0.1) is 5.82 Å². The zero-order chi connectivity index (χ0) is 14.8. The first-order valence-corrected chi connectivity index (χ1v) is 6.46. The molecule has 0 aliphatic heterocycles. The molecule has 3 rings (SSSR count). The molecule has 108 valence electrons. The molecule has 3 N–H and O–H groups in total. The number of nitrogens with one attached hydrogen (secondary N) is 1. The van der Waals surface area contributed by atoms with E-state index in [4.69, 9.17) is 10.6 Å². The third-order valence-electron chi connectivity index (χ3n) is 3.44. The van der Waals surface area contributed by atoms with Gasteiger partial charge in [-0.25, -0.2) is 14.3 Å². The monoisotopic (exact) mass is 286 g/mol. The molecule has 2 heterocycles. The molecule has 3 aromatic rings. The van der Waals surface area contributed by atoms with Crippen LogP contribution < -0.4 is 16.0 Å². The van der Waals surface area contributed by atoms with Crippen LogP contribution in [0.4, 0.5) is 4.39 Å². The lowest BCUT2D eigenvalue weighted by molar-refractivity contribution is 0.403. The predicted molar refractivity (Wildman–Crippen MR) is 77.3 cm³/mol. The van der Waals surface area contributed by atoms with Crippen molar-refractivity contribution in [2.45, 2.75) is 6.04 Å². The number of benzene rings is 1. The molecule has 0 radical (unpaired) electrons. The Balaban J connectivity index is 2.16. The largest absolute Gasteiger partial charge is 0.496 e. The molecular formula is C15H15FN4O. The van der Waals surface area contributed by atoms with E-state index >= 15 is 0 Å². The van der Waals surface area contributed by atoms with Crippen molar-refractivity contribution in [3.63, 3.8) is 0 Å². The van der Waals surface area contributed by atoms with Crippen molar-refractivity contribution in [3.05, 3.63) is 65.7 Å². The standard InChI is InChI=1S/C15H15FN4O/c1-21-14-6-5-10(16)8-11(14)15(19-17)12-9-18-20-7-3-2-4-13(12)20/h2-9,15,19H,17H2,1H3. The van der Waals surface area contributed by atoms with Gasteiger partial charge in [-0.1, -0.05) is 6.07 Å². The Hall–Kier alpha value is -2.44. The molecule has 1 aromatic carbocycles. The minimum absolute atomic E-state index is 0.345. The number of pyridine rings is 1. The third-order valence-corrected chi connectivity index (χ3v) is 3.44. The number of methoxy groups -OCH3 is 1. The van der Waals surface area contributed by atoms with E-state index in [0.29, 0.717) is 11.3 Å². The van der Waals surface area contributed by atoms with E-state index in [9.17, 15) is 4.39 Å². The fourth-order valence-electron chi connectivity index (χ4n) is 2.45. The molecule has 0 amide bonds. The summed E-state index contributed by atoms with van der Waals surface area (Å²) in [6.45, 7) is 0. The number of nitrogens with zero attached hydrogens (tertiary/aromatic N) is 2. The molecule has 0 aliphatic carbocycles. The van der Waals surface area contributed by atoms with Gasteiger partial charge in [-0.05, 0) is 30.3 Å². The maximum atomic E-state index is 13.6. The molecule has 0 fully saturated rings. The number of hydrazine groups is 1. The Morgan fingerprint density at radius 3 is 2.90 bits per heavy atom. The highest BCUT2D eigenvalue weighted by atomic mass is 19.1. The number of hydrogen-bond donors (Lipinski definition) is 2. The molecule has 0 saturated heterocycles. The Morgan fingerprint density at radius 1 is 1.29 bits per heavy atom. The van der Waals surface area contributed by atoms with Gasteiger partial charge in [0.15, 0.2) is 0 Å². The quantitative estimate of drug-likeness (QED) is 0.569. The summed E-state index contributed by atoms with van der Waals surface area (Å²) in [5, 5.41) is 4.28. The van der Waals surface area contributed by atoms with E-state index in [0.717, 1.165) is 11.1 Å². The topological polar surface area (TPSA) is 64.6 Å². The van der Waals surface area contributed by atoms with Crippen LogP contribution in [0.5, 0.6) is 5.75 Å². The Bertz CT molecular complexity index is 771. The first-order valence-electron chi connectivity index (χ1n) is 6.46. The number of fused-ring (bicyclic) bond motifs is 1. The molecule has 0 saturated carbocycles. The lowest BCUT2D eigenvalue weighted by atomic mass is 9.99. The van der Waals surface area contributed by atoms with Gasteiger partial charge < -0.3 is 4.74 Å². The molecule has 1 atom stereocenters. The highest BCUT2D eigenvalue weighted by Crippen LogP contribution is 2.32. The number of ether oxygens (including phenoxy) is 1. The van der Waals surface area contributed by atoms with Gasteiger partial charge in [-0.2, -0.15) is 5.10 Å². The normalized spacial score (nSPS) is 12.5. The lowest BCUT2D eigenvalue weighted by Gasteiger charge is -2.18. The van der Waals surface area contributed by atoms with Crippen molar-refractivity contribution in [1.29, 1.82) is 0 Å². The van der Waals surface area contributed by atoms with E-state index < -0.39 is 6.04 Å². The molecular weight excluding hydrogens is 271 g/mol.